The van der Waals surface area contributed by atoms with Crippen molar-refractivity contribution in [2.45, 2.75) is 13.8 Å². The topological polar surface area (TPSA) is 18.5 Å². The molecule has 0 amide bonds. The quantitative estimate of drug-likeness (QED) is 0.765. The van der Waals surface area contributed by atoms with E-state index in [1.807, 2.05) is 56.3 Å². The van der Waals surface area contributed by atoms with Gasteiger partial charge < -0.3 is 9.16 Å². The molecule has 0 saturated carbocycles. The van der Waals surface area contributed by atoms with E-state index in [-0.39, 0.29) is 0 Å². The largest absolute Gasteiger partial charge is 0.538 e. The average Bonchev–Trinajstić information content (AvgIpc) is 2.37. The summed E-state index contributed by atoms with van der Waals surface area (Å²) in [5.41, 5.74) is 2.24. The van der Waals surface area contributed by atoms with Crippen molar-refractivity contribution in [2.75, 3.05) is 0 Å². The summed E-state index contributed by atoms with van der Waals surface area (Å²) in [6, 6.07) is 13.6. The van der Waals surface area contributed by atoms with Crippen LogP contribution in [0.3, 0.4) is 0 Å². The molecule has 0 spiro atoms. The van der Waals surface area contributed by atoms with Crippen LogP contribution in [0, 0.1) is 13.8 Å². The van der Waals surface area contributed by atoms with Crippen molar-refractivity contribution in [2.24, 2.45) is 0 Å². The summed E-state index contributed by atoms with van der Waals surface area (Å²) in [5.74, 6) is 2.21. The van der Waals surface area contributed by atoms with Gasteiger partial charge in [-0.15, -0.1) is 0 Å². The van der Waals surface area contributed by atoms with Gasteiger partial charge in [-0.2, -0.15) is 0 Å². The van der Waals surface area contributed by atoms with Gasteiger partial charge in [0.1, 0.15) is 11.5 Å². The fraction of sp³-hybridized carbons (Fsp3) is 0.143. The molecule has 0 aromatic heterocycles. The summed E-state index contributed by atoms with van der Waals surface area (Å²) in [6.07, 6.45) is 0. The second kappa shape index (κ2) is 5.06. The second-order valence-electron chi connectivity index (χ2n) is 3.85. The third-order valence-corrected chi connectivity index (χ3v) is 2.93. The molecule has 85 valence electrons. The molecule has 3 radical (unpaired) electrons. The zero-order valence-electron chi connectivity index (χ0n) is 9.86. The van der Waals surface area contributed by atoms with E-state index in [0.717, 1.165) is 17.1 Å². The van der Waals surface area contributed by atoms with E-state index < -0.39 is 0 Å². The van der Waals surface area contributed by atoms with Gasteiger partial charge in [0.05, 0.1) is 0 Å². The molecule has 17 heavy (non-hydrogen) atoms. The summed E-state index contributed by atoms with van der Waals surface area (Å²) >= 11 is 0. The van der Waals surface area contributed by atoms with Crippen LogP contribution in [0.1, 0.15) is 11.1 Å². The first-order valence-electron chi connectivity index (χ1n) is 5.39. The highest BCUT2D eigenvalue weighted by Gasteiger charge is 2.10. The normalized spacial score (nSPS) is 10.1. The lowest BCUT2D eigenvalue weighted by atomic mass is 10.1. The number of hydrogen-bond donors (Lipinski definition) is 0. The van der Waals surface area contributed by atoms with E-state index in [4.69, 9.17) is 9.16 Å². The molecule has 0 bridgehead atoms. The second-order valence-corrected chi connectivity index (χ2v) is 4.06. The fourth-order valence-corrected chi connectivity index (χ4v) is 1.74. The van der Waals surface area contributed by atoms with Gasteiger partial charge in [-0.25, -0.2) is 0 Å². The van der Waals surface area contributed by atoms with Crippen LogP contribution in [0.5, 0.6) is 17.2 Å². The summed E-state index contributed by atoms with van der Waals surface area (Å²) < 4.78 is 11.0. The molecule has 0 aliphatic carbocycles. The van der Waals surface area contributed by atoms with Crippen LogP contribution in [0.2, 0.25) is 0 Å². The van der Waals surface area contributed by atoms with E-state index in [1.165, 1.54) is 5.56 Å². The minimum atomic E-state index is 0.675. The van der Waals surface area contributed by atoms with Gasteiger partial charge in [-0.3, -0.25) is 0 Å². The van der Waals surface area contributed by atoms with E-state index in [0.29, 0.717) is 5.75 Å². The van der Waals surface area contributed by atoms with Gasteiger partial charge in [-0.05, 0) is 43.2 Å². The minimum Gasteiger partial charge on any atom is -0.538 e. The van der Waals surface area contributed by atoms with Crippen molar-refractivity contribution in [3.63, 3.8) is 0 Å². The van der Waals surface area contributed by atoms with Crippen molar-refractivity contribution in [1.29, 1.82) is 0 Å². The molecule has 2 rings (SSSR count). The zero-order valence-corrected chi connectivity index (χ0v) is 10.9. The lowest BCUT2D eigenvalue weighted by molar-refractivity contribution is 0.451. The van der Waals surface area contributed by atoms with Crippen LogP contribution in [0.15, 0.2) is 42.5 Å². The molecule has 2 aromatic carbocycles. The Bertz CT molecular complexity index is 509. The van der Waals surface area contributed by atoms with Gasteiger partial charge in [-0.1, -0.05) is 24.3 Å². The standard InChI is InChI=1S/C14H13O2Si/c1-10-8-9-13(16-17)14(11(10)2)15-12-6-4-3-5-7-12/h3-9H,1-2H3. The summed E-state index contributed by atoms with van der Waals surface area (Å²) in [5, 5.41) is 0. The van der Waals surface area contributed by atoms with Crippen molar-refractivity contribution < 1.29 is 9.16 Å². The molecule has 0 aliphatic heterocycles. The summed E-state index contributed by atoms with van der Waals surface area (Å²) in [6.45, 7) is 4.06. The summed E-state index contributed by atoms with van der Waals surface area (Å²) in [4.78, 5) is 0. The molecule has 0 fully saturated rings. The molecular weight excluding hydrogens is 228 g/mol. The van der Waals surface area contributed by atoms with Crippen LogP contribution in [-0.2, 0) is 0 Å². The third kappa shape index (κ3) is 2.50. The Kier molecular flexibility index (Phi) is 3.49. The lowest BCUT2D eigenvalue weighted by Gasteiger charge is -2.14. The van der Waals surface area contributed by atoms with Crippen molar-refractivity contribution in [3.05, 3.63) is 53.6 Å². The maximum atomic E-state index is 5.86. The minimum absolute atomic E-state index is 0.675. The number of hydrogen-bond acceptors (Lipinski definition) is 2. The molecule has 0 N–H and O–H groups in total. The predicted molar refractivity (Wildman–Crippen MR) is 68.8 cm³/mol. The highest BCUT2D eigenvalue weighted by Crippen LogP contribution is 2.35. The van der Waals surface area contributed by atoms with E-state index in [1.54, 1.807) is 0 Å². The predicted octanol–water partition coefficient (Wildman–Crippen LogP) is 3.56. The molecule has 3 heteroatoms. The first-order valence-corrected chi connectivity index (χ1v) is 5.80. The maximum absolute atomic E-state index is 5.86. The van der Waals surface area contributed by atoms with Crippen molar-refractivity contribution in [1.82, 2.24) is 0 Å². The third-order valence-electron chi connectivity index (χ3n) is 2.71. The number of rotatable bonds is 3. The Labute approximate surface area is 105 Å². The van der Waals surface area contributed by atoms with Gasteiger partial charge in [0, 0.05) is 0 Å². The Hall–Kier alpha value is -1.74. The van der Waals surface area contributed by atoms with Crippen LogP contribution in [0.25, 0.3) is 0 Å². The maximum Gasteiger partial charge on any atom is 0.341 e. The molecular formula is C14H13O2Si. The zero-order chi connectivity index (χ0) is 12.3. The number of aryl methyl sites for hydroxylation is 1. The number of para-hydroxylation sites is 1. The monoisotopic (exact) mass is 241 g/mol. The number of ether oxygens (including phenoxy) is 1. The SMILES string of the molecule is Cc1ccc(O[Si])c(Oc2ccccc2)c1C. The Morgan fingerprint density at radius 3 is 2.29 bits per heavy atom. The molecule has 2 aromatic rings. The molecule has 0 unspecified atom stereocenters. The van der Waals surface area contributed by atoms with Crippen LogP contribution < -0.4 is 9.16 Å². The van der Waals surface area contributed by atoms with Crippen LogP contribution >= 0.6 is 0 Å². The highest BCUT2D eigenvalue weighted by molar-refractivity contribution is 6.00. The molecule has 0 heterocycles. The Morgan fingerprint density at radius 2 is 1.65 bits per heavy atom. The molecule has 0 atom stereocenters. The van der Waals surface area contributed by atoms with Crippen LogP contribution in [0.4, 0.5) is 0 Å². The van der Waals surface area contributed by atoms with Gasteiger partial charge in [0.2, 0.25) is 0 Å². The van der Waals surface area contributed by atoms with E-state index >= 15 is 0 Å². The average molecular weight is 241 g/mol. The smallest absolute Gasteiger partial charge is 0.341 e. The Balaban J connectivity index is 2.41. The van der Waals surface area contributed by atoms with Gasteiger partial charge in [0.15, 0.2) is 5.75 Å². The molecule has 0 saturated heterocycles. The first-order chi connectivity index (χ1) is 8.22. The summed E-state index contributed by atoms with van der Waals surface area (Å²) in [7, 11) is 3.05. The van der Waals surface area contributed by atoms with Gasteiger partial charge >= 0.3 is 10.5 Å². The fourth-order valence-electron chi connectivity index (χ4n) is 1.58. The van der Waals surface area contributed by atoms with Crippen molar-refractivity contribution in [3.8, 4) is 17.2 Å². The Morgan fingerprint density at radius 1 is 0.941 bits per heavy atom. The lowest BCUT2D eigenvalue weighted by Crippen LogP contribution is -1.95. The van der Waals surface area contributed by atoms with Crippen molar-refractivity contribution >= 4 is 10.5 Å². The molecule has 0 aliphatic rings. The highest BCUT2D eigenvalue weighted by atomic mass is 28.2. The van der Waals surface area contributed by atoms with E-state index in [9.17, 15) is 0 Å². The first kappa shape index (κ1) is 11.7. The van der Waals surface area contributed by atoms with E-state index in [2.05, 4.69) is 10.5 Å². The molecule has 2 nitrogen and oxygen atoms in total. The van der Waals surface area contributed by atoms with Crippen LogP contribution in [-0.4, -0.2) is 10.5 Å². The van der Waals surface area contributed by atoms with Gasteiger partial charge in [0.25, 0.3) is 0 Å². The number of benzene rings is 2.